The topological polar surface area (TPSA) is 17.3 Å². The third-order valence-corrected chi connectivity index (χ3v) is 3.53. The standard InChI is InChI=1S/C15H13BrN2/c1-10-8-13(16)9-18-14(11(2)17-15(10)18)12-6-4-3-5-7-12/h3-9H,1-2H3. The van der Waals surface area contributed by atoms with Crippen LogP contribution >= 0.6 is 15.9 Å². The summed E-state index contributed by atoms with van der Waals surface area (Å²) in [6.07, 6.45) is 2.07. The third kappa shape index (κ3) is 1.75. The van der Waals surface area contributed by atoms with Crippen molar-refractivity contribution in [2.45, 2.75) is 13.8 Å². The molecular formula is C15H13BrN2. The van der Waals surface area contributed by atoms with Crippen molar-refractivity contribution in [2.24, 2.45) is 0 Å². The van der Waals surface area contributed by atoms with Crippen LogP contribution in [0.25, 0.3) is 16.9 Å². The fourth-order valence-corrected chi connectivity index (χ4v) is 2.87. The molecule has 0 atom stereocenters. The molecule has 0 radical (unpaired) electrons. The number of fused-ring (bicyclic) bond motifs is 1. The highest BCUT2D eigenvalue weighted by atomic mass is 79.9. The van der Waals surface area contributed by atoms with Gasteiger partial charge in [0.15, 0.2) is 0 Å². The van der Waals surface area contributed by atoms with Gasteiger partial charge < -0.3 is 0 Å². The summed E-state index contributed by atoms with van der Waals surface area (Å²) in [5.41, 5.74) is 5.61. The number of pyridine rings is 1. The van der Waals surface area contributed by atoms with Gasteiger partial charge in [0.1, 0.15) is 5.65 Å². The van der Waals surface area contributed by atoms with Crippen LogP contribution in [0.2, 0.25) is 0 Å². The molecule has 0 spiro atoms. The number of nitrogens with zero attached hydrogens (tertiary/aromatic N) is 2. The van der Waals surface area contributed by atoms with E-state index in [1.807, 2.05) is 6.07 Å². The first-order valence-corrected chi connectivity index (χ1v) is 6.66. The van der Waals surface area contributed by atoms with E-state index in [-0.39, 0.29) is 0 Å². The molecule has 3 rings (SSSR count). The van der Waals surface area contributed by atoms with E-state index in [1.54, 1.807) is 0 Å². The Labute approximate surface area is 114 Å². The second kappa shape index (κ2) is 4.25. The number of aromatic nitrogens is 2. The van der Waals surface area contributed by atoms with Crippen LogP contribution in [-0.2, 0) is 0 Å². The van der Waals surface area contributed by atoms with Crippen molar-refractivity contribution in [3.8, 4) is 11.3 Å². The van der Waals surface area contributed by atoms with Crippen LogP contribution in [0.5, 0.6) is 0 Å². The van der Waals surface area contributed by atoms with Crippen LogP contribution in [0.1, 0.15) is 11.3 Å². The van der Waals surface area contributed by atoms with Crippen molar-refractivity contribution >= 4 is 21.6 Å². The number of aryl methyl sites for hydroxylation is 2. The number of halogens is 1. The molecule has 2 aromatic heterocycles. The van der Waals surface area contributed by atoms with Gasteiger partial charge in [-0.25, -0.2) is 4.98 Å². The fraction of sp³-hybridized carbons (Fsp3) is 0.133. The fourth-order valence-electron chi connectivity index (χ4n) is 2.33. The maximum absolute atomic E-state index is 4.67. The summed E-state index contributed by atoms with van der Waals surface area (Å²) in [5.74, 6) is 0. The largest absolute Gasteiger partial charge is 0.298 e. The van der Waals surface area contributed by atoms with Crippen LogP contribution in [0.3, 0.4) is 0 Å². The summed E-state index contributed by atoms with van der Waals surface area (Å²) in [6.45, 7) is 4.14. The zero-order valence-corrected chi connectivity index (χ0v) is 11.9. The molecule has 3 aromatic rings. The lowest BCUT2D eigenvalue weighted by Crippen LogP contribution is -1.91. The Hall–Kier alpha value is -1.61. The Morgan fingerprint density at radius 1 is 1.11 bits per heavy atom. The van der Waals surface area contributed by atoms with Crippen molar-refractivity contribution in [3.05, 3.63) is 58.3 Å². The van der Waals surface area contributed by atoms with E-state index < -0.39 is 0 Å². The molecule has 0 N–H and O–H groups in total. The molecule has 0 amide bonds. The lowest BCUT2D eigenvalue weighted by molar-refractivity contribution is 1.15. The second-order valence-electron chi connectivity index (χ2n) is 4.45. The molecule has 18 heavy (non-hydrogen) atoms. The van der Waals surface area contributed by atoms with E-state index in [2.05, 4.69) is 75.7 Å². The monoisotopic (exact) mass is 300 g/mol. The van der Waals surface area contributed by atoms with Gasteiger partial charge in [-0.2, -0.15) is 0 Å². The average Bonchev–Trinajstić information content (AvgIpc) is 2.67. The Morgan fingerprint density at radius 3 is 2.56 bits per heavy atom. The number of hydrogen-bond donors (Lipinski definition) is 0. The number of imidazole rings is 1. The first-order chi connectivity index (χ1) is 8.66. The van der Waals surface area contributed by atoms with E-state index in [0.29, 0.717) is 0 Å². The molecule has 2 nitrogen and oxygen atoms in total. The number of hydrogen-bond acceptors (Lipinski definition) is 1. The Balaban J connectivity index is 2.39. The highest BCUT2D eigenvalue weighted by Crippen LogP contribution is 2.27. The number of rotatable bonds is 1. The summed E-state index contributed by atoms with van der Waals surface area (Å²) in [5, 5.41) is 0. The molecule has 0 saturated carbocycles. The first kappa shape index (κ1) is 11.5. The normalized spacial score (nSPS) is 11.1. The minimum absolute atomic E-state index is 1.02. The van der Waals surface area contributed by atoms with Crippen molar-refractivity contribution in [2.75, 3.05) is 0 Å². The molecule has 90 valence electrons. The Bertz CT molecular complexity index is 714. The third-order valence-electron chi connectivity index (χ3n) is 3.09. The Kier molecular flexibility index (Phi) is 2.71. The molecule has 1 aromatic carbocycles. The number of benzene rings is 1. The molecule has 2 heterocycles. The van der Waals surface area contributed by atoms with E-state index in [4.69, 9.17) is 0 Å². The summed E-state index contributed by atoms with van der Waals surface area (Å²) in [6, 6.07) is 12.5. The molecule has 0 aliphatic rings. The molecule has 0 saturated heterocycles. The van der Waals surface area contributed by atoms with E-state index in [0.717, 1.165) is 21.5 Å². The highest BCUT2D eigenvalue weighted by molar-refractivity contribution is 9.10. The van der Waals surface area contributed by atoms with Gasteiger partial charge in [-0.05, 0) is 41.4 Å². The van der Waals surface area contributed by atoms with E-state index in [9.17, 15) is 0 Å². The van der Waals surface area contributed by atoms with Crippen LogP contribution < -0.4 is 0 Å². The Morgan fingerprint density at radius 2 is 1.83 bits per heavy atom. The summed E-state index contributed by atoms with van der Waals surface area (Å²) in [4.78, 5) is 4.67. The van der Waals surface area contributed by atoms with Crippen LogP contribution in [0.15, 0.2) is 47.1 Å². The maximum atomic E-state index is 4.67. The van der Waals surface area contributed by atoms with Gasteiger partial charge in [0.2, 0.25) is 0 Å². The van der Waals surface area contributed by atoms with Crippen molar-refractivity contribution in [1.82, 2.24) is 9.38 Å². The summed E-state index contributed by atoms with van der Waals surface area (Å²) >= 11 is 3.55. The molecule has 3 heteroatoms. The van der Waals surface area contributed by atoms with Gasteiger partial charge in [0.25, 0.3) is 0 Å². The van der Waals surface area contributed by atoms with E-state index in [1.165, 1.54) is 11.1 Å². The molecule has 0 aliphatic carbocycles. The van der Waals surface area contributed by atoms with Gasteiger partial charge in [-0.15, -0.1) is 0 Å². The summed E-state index contributed by atoms with van der Waals surface area (Å²) in [7, 11) is 0. The average molecular weight is 301 g/mol. The summed E-state index contributed by atoms with van der Waals surface area (Å²) < 4.78 is 3.23. The molecule has 0 aliphatic heterocycles. The lowest BCUT2D eigenvalue weighted by Gasteiger charge is -2.05. The smallest absolute Gasteiger partial charge is 0.140 e. The van der Waals surface area contributed by atoms with Crippen molar-refractivity contribution in [1.29, 1.82) is 0 Å². The zero-order valence-electron chi connectivity index (χ0n) is 10.3. The SMILES string of the molecule is Cc1nc2c(C)cc(Br)cn2c1-c1ccccc1. The molecule has 0 bridgehead atoms. The lowest BCUT2D eigenvalue weighted by atomic mass is 10.1. The van der Waals surface area contributed by atoms with Gasteiger partial charge >= 0.3 is 0 Å². The quantitative estimate of drug-likeness (QED) is 0.652. The van der Waals surface area contributed by atoms with E-state index >= 15 is 0 Å². The van der Waals surface area contributed by atoms with Crippen LogP contribution in [0.4, 0.5) is 0 Å². The second-order valence-corrected chi connectivity index (χ2v) is 5.36. The predicted molar refractivity (Wildman–Crippen MR) is 77.8 cm³/mol. The molecule has 0 unspecified atom stereocenters. The van der Waals surface area contributed by atoms with Gasteiger partial charge in [0.05, 0.1) is 11.4 Å². The predicted octanol–water partition coefficient (Wildman–Crippen LogP) is 4.38. The van der Waals surface area contributed by atoms with Crippen molar-refractivity contribution in [3.63, 3.8) is 0 Å². The van der Waals surface area contributed by atoms with Crippen LogP contribution in [-0.4, -0.2) is 9.38 Å². The zero-order chi connectivity index (χ0) is 12.7. The highest BCUT2D eigenvalue weighted by Gasteiger charge is 2.12. The first-order valence-electron chi connectivity index (χ1n) is 5.87. The molecular weight excluding hydrogens is 288 g/mol. The molecule has 0 fully saturated rings. The van der Waals surface area contributed by atoms with Crippen molar-refractivity contribution < 1.29 is 0 Å². The van der Waals surface area contributed by atoms with Gasteiger partial charge in [0, 0.05) is 16.2 Å². The van der Waals surface area contributed by atoms with Gasteiger partial charge in [-0.3, -0.25) is 4.40 Å². The van der Waals surface area contributed by atoms with Gasteiger partial charge in [-0.1, -0.05) is 30.3 Å². The minimum Gasteiger partial charge on any atom is -0.298 e. The maximum Gasteiger partial charge on any atom is 0.140 e. The minimum atomic E-state index is 1.02. The van der Waals surface area contributed by atoms with Crippen LogP contribution in [0, 0.1) is 13.8 Å².